The molecule has 2 nitrogen and oxygen atoms in total. The first-order chi connectivity index (χ1) is 7.74. The van der Waals surface area contributed by atoms with Crippen molar-refractivity contribution in [3.63, 3.8) is 0 Å². The Morgan fingerprint density at radius 3 is 2.75 bits per heavy atom. The summed E-state index contributed by atoms with van der Waals surface area (Å²) >= 11 is 0. The summed E-state index contributed by atoms with van der Waals surface area (Å²) < 4.78 is 0. The van der Waals surface area contributed by atoms with Gasteiger partial charge in [0.05, 0.1) is 0 Å². The molecule has 3 heterocycles. The monoisotopic (exact) mass is 222 g/mol. The van der Waals surface area contributed by atoms with Crippen molar-refractivity contribution in [1.82, 2.24) is 9.80 Å². The van der Waals surface area contributed by atoms with Crippen LogP contribution in [0.3, 0.4) is 0 Å². The number of likely N-dealkylation sites (tertiary alicyclic amines) is 1. The molecule has 0 aliphatic carbocycles. The molecule has 3 atom stereocenters. The molecule has 0 aromatic heterocycles. The molecule has 0 radical (unpaired) electrons. The van der Waals surface area contributed by atoms with E-state index < -0.39 is 0 Å². The number of fused-ring (bicyclic) bond motifs is 4. The van der Waals surface area contributed by atoms with Crippen molar-refractivity contribution in [3.8, 4) is 0 Å². The number of hydrogen-bond acceptors (Lipinski definition) is 2. The lowest BCUT2D eigenvalue weighted by molar-refractivity contribution is -0.0383. The van der Waals surface area contributed by atoms with E-state index in [2.05, 4.69) is 23.6 Å². The molecule has 2 bridgehead atoms. The Bertz CT molecular complexity index is 251. The first-order valence-electron chi connectivity index (χ1n) is 7.22. The average Bonchev–Trinajstić information content (AvgIpc) is 2.28. The van der Waals surface area contributed by atoms with Crippen LogP contribution in [-0.4, -0.2) is 48.1 Å². The summed E-state index contributed by atoms with van der Waals surface area (Å²) in [4.78, 5) is 5.55. The van der Waals surface area contributed by atoms with Crippen molar-refractivity contribution in [2.75, 3.05) is 26.2 Å². The molecule has 0 spiro atoms. The SMILES string of the molecule is CC(C)N1CC2C[C@H](C1)[C@@H]1CCCCN1C2. The lowest BCUT2D eigenvalue weighted by Gasteiger charge is -2.53. The van der Waals surface area contributed by atoms with E-state index in [1.54, 1.807) is 0 Å². The highest BCUT2D eigenvalue weighted by Crippen LogP contribution is 2.37. The zero-order chi connectivity index (χ0) is 11.1. The number of hydrogen-bond donors (Lipinski definition) is 0. The van der Waals surface area contributed by atoms with E-state index in [4.69, 9.17) is 0 Å². The number of piperidine rings is 3. The molecule has 3 rings (SSSR count). The molecule has 0 aromatic rings. The van der Waals surface area contributed by atoms with Crippen LogP contribution in [0, 0.1) is 11.8 Å². The van der Waals surface area contributed by atoms with Crippen LogP contribution in [0.1, 0.15) is 39.5 Å². The minimum atomic E-state index is 0.750. The summed E-state index contributed by atoms with van der Waals surface area (Å²) in [5, 5.41) is 0. The van der Waals surface area contributed by atoms with E-state index in [9.17, 15) is 0 Å². The maximum atomic E-state index is 2.82. The minimum absolute atomic E-state index is 0.750. The summed E-state index contributed by atoms with van der Waals surface area (Å²) in [6, 6.07) is 1.69. The van der Waals surface area contributed by atoms with E-state index in [1.165, 1.54) is 51.9 Å². The molecular weight excluding hydrogens is 196 g/mol. The van der Waals surface area contributed by atoms with E-state index >= 15 is 0 Å². The van der Waals surface area contributed by atoms with Crippen molar-refractivity contribution in [3.05, 3.63) is 0 Å². The summed E-state index contributed by atoms with van der Waals surface area (Å²) in [6.45, 7) is 10.2. The molecule has 16 heavy (non-hydrogen) atoms. The second-order valence-electron chi connectivity index (χ2n) is 6.47. The smallest absolute Gasteiger partial charge is 0.0136 e. The van der Waals surface area contributed by atoms with Gasteiger partial charge in [0.25, 0.3) is 0 Å². The first kappa shape index (κ1) is 11.0. The summed E-state index contributed by atoms with van der Waals surface area (Å²) in [5.74, 6) is 1.95. The third-order valence-electron chi connectivity index (χ3n) is 5.03. The Hall–Kier alpha value is -0.0800. The maximum Gasteiger partial charge on any atom is 0.0136 e. The molecule has 0 amide bonds. The van der Waals surface area contributed by atoms with Crippen molar-refractivity contribution in [1.29, 1.82) is 0 Å². The summed E-state index contributed by atoms with van der Waals surface area (Å²) in [5.41, 5.74) is 0. The quantitative estimate of drug-likeness (QED) is 0.671. The van der Waals surface area contributed by atoms with Gasteiger partial charge in [-0.15, -0.1) is 0 Å². The van der Waals surface area contributed by atoms with Gasteiger partial charge in [-0.1, -0.05) is 6.42 Å². The van der Waals surface area contributed by atoms with Gasteiger partial charge in [0.1, 0.15) is 0 Å². The van der Waals surface area contributed by atoms with Crippen molar-refractivity contribution < 1.29 is 0 Å². The van der Waals surface area contributed by atoms with Gasteiger partial charge in [-0.05, 0) is 51.5 Å². The predicted molar refractivity (Wildman–Crippen MR) is 67.5 cm³/mol. The molecule has 3 fully saturated rings. The summed E-state index contributed by atoms with van der Waals surface area (Å²) in [6.07, 6.45) is 5.92. The number of nitrogens with zero attached hydrogens (tertiary/aromatic N) is 2. The van der Waals surface area contributed by atoms with Gasteiger partial charge in [-0.25, -0.2) is 0 Å². The van der Waals surface area contributed by atoms with Crippen molar-refractivity contribution in [2.24, 2.45) is 11.8 Å². The molecule has 3 aliphatic rings. The Morgan fingerprint density at radius 2 is 1.94 bits per heavy atom. The first-order valence-corrected chi connectivity index (χ1v) is 7.22. The lowest BCUT2D eigenvalue weighted by atomic mass is 9.76. The fraction of sp³-hybridized carbons (Fsp3) is 1.00. The maximum absolute atomic E-state index is 2.82. The van der Waals surface area contributed by atoms with Crippen LogP contribution in [0.2, 0.25) is 0 Å². The zero-order valence-electron chi connectivity index (χ0n) is 10.9. The van der Waals surface area contributed by atoms with E-state index in [-0.39, 0.29) is 0 Å². The Kier molecular flexibility index (Phi) is 2.97. The van der Waals surface area contributed by atoms with Crippen LogP contribution in [-0.2, 0) is 0 Å². The molecular formula is C14H26N2. The second kappa shape index (κ2) is 4.30. The molecule has 0 saturated carbocycles. The third kappa shape index (κ3) is 1.91. The molecule has 1 unspecified atom stereocenters. The van der Waals surface area contributed by atoms with Crippen molar-refractivity contribution >= 4 is 0 Å². The van der Waals surface area contributed by atoms with Gasteiger partial charge in [-0.2, -0.15) is 0 Å². The van der Waals surface area contributed by atoms with Crippen LogP contribution < -0.4 is 0 Å². The van der Waals surface area contributed by atoms with Gasteiger partial charge in [0.15, 0.2) is 0 Å². The topological polar surface area (TPSA) is 6.48 Å². The van der Waals surface area contributed by atoms with E-state index in [0.717, 1.165) is 23.9 Å². The fourth-order valence-corrected chi connectivity index (χ4v) is 4.23. The van der Waals surface area contributed by atoms with E-state index in [1.807, 2.05) is 0 Å². The van der Waals surface area contributed by atoms with Gasteiger partial charge in [-0.3, -0.25) is 4.90 Å². The Morgan fingerprint density at radius 1 is 1.06 bits per heavy atom. The van der Waals surface area contributed by atoms with Crippen LogP contribution in [0.4, 0.5) is 0 Å². The minimum Gasteiger partial charge on any atom is -0.300 e. The highest BCUT2D eigenvalue weighted by atomic mass is 15.2. The van der Waals surface area contributed by atoms with Crippen LogP contribution in [0.15, 0.2) is 0 Å². The zero-order valence-corrected chi connectivity index (χ0v) is 10.9. The third-order valence-corrected chi connectivity index (χ3v) is 5.03. The van der Waals surface area contributed by atoms with Crippen molar-refractivity contribution in [2.45, 2.75) is 51.6 Å². The lowest BCUT2D eigenvalue weighted by Crippen LogP contribution is -2.59. The van der Waals surface area contributed by atoms with Gasteiger partial charge >= 0.3 is 0 Å². The molecule has 92 valence electrons. The van der Waals surface area contributed by atoms with E-state index in [0.29, 0.717) is 0 Å². The largest absolute Gasteiger partial charge is 0.300 e. The molecule has 2 heteroatoms. The normalized spacial score (nSPS) is 41.1. The highest BCUT2D eigenvalue weighted by Gasteiger charge is 2.41. The average molecular weight is 222 g/mol. The van der Waals surface area contributed by atoms with Crippen LogP contribution in [0.5, 0.6) is 0 Å². The summed E-state index contributed by atoms with van der Waals surface area (Å²) in [7, 11) is 0. The fourth-order valence-electron chi connectivity index (χ4n) is 4.23. The molecule has 0 N–H and O–H groups in total. The van der Waals surface area contributed by atoms with Gasteiger partial charge in [0, 0.05) is 31.7 Å². The Labute approximate surface area is 100.0 Å². The standard InChI is InChI=1S/C14H26N2/c1-11(2)16-9-12-7-13(10-16)14-5-3-4-6-15(14)8-12/h11-14H,3-10H2,1-2H3/t12?,13-,14+/m1/s1. The van der Waals surface area contributed by atoms with Crippen LogP contribution in [0.25, 0.3) is 0 Å². The molecule has 3 saturated heterocycles. The molecule has 3 aliphatic heterocycles. The second-order valence-corrected chi connectivity index (χ2v) is 6.47. The van der Waals surface area contributed by atoms with Crippen LogP contribution >= 0.6 is 0 Å². The van der Waals surface area contributed by atoms with Gasteiger partial charge < -0.3 is 4.90 Å². The highest BCUT2D eigenvalue weighted by molar-refractivity contribution is 4.96. The number of rotatable bonds is 1. The Balaban J connectivity index is 1.72. The predicted octanol–water partition coefficient (Wildman–Crippen LogP) is 2.20. The molecule has 0 aromatic carbocycles. The van der Waals surface area contributed by atoms with Gasteiger partial charge in [0.2, 0.25) is 0 Å².